The lowest BCUT2D eigenvalue weighted by atomic mass is 10.1. The van der Waals surface area contributed by atoms with E-state index in [-0.39, 0.29) is 0 Å². The zero-order chi connectivity index (χ0) is 16.7. The van der Waals surface area contributed by atoms with E-state index in [0.717, 1.165) is 29.1 Å². The summed E-state index contributed by atoms with van der Waals surface area (Å²) in [5.74, 6) is 1.56. The Labute approximate surface area is 148 Å². The van der Waals surface area contributed by atoms with Crippen molar-refractivity contribution in [1.29, 1.82) is 0 Å². The predicted molar refractivity (Wildman–Crippen MR) is 98.5 cm³/mol. The van der Waals surface area contributed by atoms with Crippen LogP contribution in [0.3, 0.4) is 0 Å². The van der Waals surface area contributed by atoms with Crippen molar-refractivity contribution in [2.45, 2.75) is 45.7 Å². The number of methoxy groups -OCH3 is 1. The molecule has 0 spiro atoms. The Hall–Kier alpha value is -0.780. The molecule has 2 rings (SSSR count). The van der Waals surface area contributed by atoms with Gasteiger partial charge < -0.3 is 19.7 Å². The van der Waals surface area contributed by atoms with Gasteiger partial charge in [0, 0.05) is 19.1 Å². The first-order valence-electron chi connectivity index (χ1n) is 8.59. The van der Waals surface area contributed by atoms with Crippen molar-refractivity contribution in [2.24, 2.45) is 0 Å². The Morgan fingerprint density at radius 1 is 1.26 bits per heavy atom. The maximum atomic E-state index is 5.64. The molecule has 1 aromatic carbocycles. The Bertz CT molecular complexity index is 490. The molecule has 1 fully saturated rings. The smallest absolute Gasteiger partial charge is 0.175 e. The van der Waals surface area contributed by atoms with Crippen molar-refractivity contribution in [3.63, 3.8) is 0 Å². The van der Waals surface area contributed by atoms with Gasteiger partial charge in [0.25, 0.3) is 0 Å². The van der Waals surface area contributed by atoms with Gasteiger partial charge in [0.2, 0.25) is 0 Å². The Morgan fingerprint density at radius 3 is 2.65 bits per heavy atom. The number of piperidine rings is 1. The number of rotatable bonds is 8. The van der Waals surface area contributed by atoms with Gasteiger partial charge in [-0.05, 0) is 73.4 Å². The van der Waals surface area contributed by atoms with Gasteiger partial charge in [-0.15, -0.1) is 0 Å². The number of benzene rings is 1. The summed E-state index contributed by atoms with van der Waals surface area (Å²) in [5, 5.41) is 3.62. The monoisotopic (exact) mass is 384 g/mol. The van der Waals surface area contributed by atoms with Crippen molar-refractivity contribution in [2.75, 3.05) is 33.4 Å². The van der Waals surface area contributed by atoms with Crippen LogP contribution >= 0.6 is 15.9 Å². The molecular weight excluding hydrogens is 356 g/mol. The zero-order valence-electron chi connectivity index (χ0n) is 14.5. The third-order valence-electron chi connectivity index (χ3n) is 4.21. The van der Waals surface area contributed by atoms with Crippen LogP contribution < -0.4 is 14.8 Å². The zero-order valence-corrected chi connectivity index (χ0v) is 16.1. The van der Waals surface area contributed by atoms with E-state index in [1.807, 2.05) is 6.92 Å². The second-order valence-corrected chi connectivity index (χ2v) is 7.04. The summed E-state index contributed by atoms with van der Waals surface area (Å²) in [5.41, 5.74) is 1.20. The van der Waals surface area contributed by atoms with Crippen LogP contribution in [0.15, 0.2) is 16.6 Å². The van der Waals surface area contributed by atoms with E-state index in [1.54, 1.807) is 7.11 Å². The summed E-state index contributed by atoms with van der Waals surface area (Å²) in [6.45, 7) is 9.30. The van der Waals surface area contributed by atoms with E-state index in [4.69, 9.17) is 9.47 Å². The molecule has 1 unspecified atom stereocenters. The molecule has 1 aromatic rings. The molecule has 130 valence electrons. The van der Waals surface area contributed by atoms with E-state index in [0.29, 0.717) is 12.6 Å². The standard InChI is InChI=1S/C18H29BrN2O2/c1-4-23-18-16(19)10-15(11-17(18)22-3)12-20-14(2)13-21-8-6-5-7-9-21/h10-11,14,20H,4-9,12-13H2,1-3H3. The summed E-state index contributed by atoms with van der Waals surface area (Å²) in [4.78, 5) is 2.57. The van der Waals surface area contributed by atoms with Crippen LogP contribution in [0.2, 0.25) is 0 Å². The van der Waals surface area contributed by atoms with E-state index < -0.39 is 0 Å². The van der Waals surface area contributed by atoms with Gasteiger partial charge in [0.05, 0.1) is 18.2 Å². The molecule has 1 heterocycles. The summed E-state index contributed by atoms with van der Waals surface area (Å²) in [6, 6.07) is 4.63. The van der Waals surface area contributed by atoms with Crippen molar-refractivity contribution in [3.05, 3.63) is 22.2 Å². The molecule has 0 aromatic heterocycles. The molecule has 1 aliphatic heterocycles. The second kappa shape index (κ2) is 9.50. The average Bonchev–Trinajstić information content (AvgIpc) is 2.56. The highest BCUT2D eigenvalue weighted by molar-refractivity contribution is 9.10. The normalized spacial score (nSPS) is 17.0. The predicted octanol–water partition coefficient (Wildman–Crippen LogP) is 3.82. The minimum atomic E-state index is 0.476. The molecule has 0 saturated carbocycles. The highest BCUT2D eigenvalue weighted by Gasteiger charge is 2.14. The van der Waals surface area contributed by atoms with Crippen molar-refractivity contribution >= 4 is 15.9 Å². The molecule has 1 saturated heterocycles. The first kappa shape index (κ1) is 18.6. The third kappa shape index (κ3) is 5.66. The van der Waals surface area contributed by atoms with E-state index >= 15 is 0 Å². The fraction of sp³-hybridized carbons (Fsp3) is 0.667. The number of hydrogen-bond acceptors (Lipinski definition) is 4. The van der Waals surface area contributed by atoms with Gasteiger partial charge in [0.1, 0.15) is 0 Å². The van der Waals surface area contributed by atoms with Gasteiger partial charge in [-0.25, -0.2) is 0 Å². The molecule has 0 radical (unpaired) electrons. The Morgan fingerprint density at radius 2 is 2.00 bits per heavy atom. The van der Waals surface area contributed by atoms with Gasteiger partial charge >= 0.3 is 0 Å². The number of halogens is 1. The maximum absolute atomic E-state index is 5.64. The fourth-order valence-corrected chi connectivity index (χ4v) is 3.65. The average molecular weight is 385 g/mol. The van der Waals surface area contributed by atoms with Crippen molar-refractivity contribution in [3.8, 4) is 11.5 Å². The van der Waals surface area contributed by atoms with E-state index in [9.17, 15) is 0 Å². The third-order valence-corrected chi connectivity index (χ3v) is 4.80. The minimum Gasteiger partial charge on any atom is -0.493 e. The molecule has 1 atom stereocenters. The summed E-state index contributed by atoms with van der Waals surface area (Å²) < 4.78 is 12.0. The summed E-state index contributed by atoms with van der Waals surface area (Å²) >= 11 is 3.59. The molecule has 4 nitrogen and oxygen atoms in total. The largest absolute Gasteiger partial charge is 0.493 e. The molecule has 1 N–H and O–H groups in total. The van der Waals surface area contributed by atoms with Gasteiger partial charge in [0.15, 0.2) is 11.5 Å². The number of nitrogens with one attached hydrogen (secondary N) is 1. The lowest BCUT2D eigenvalue weighted by Gasteiger charge is -2.29. The summed E-state index contributed by atoms with van der Waals surface area (Å²) in [6.07, 6.45) is 4.07. The van der Waals surface area contributed by atoms with Crippen LogP contribution in [-0.4, -0.2) is 44.3 Å². The summed E-state index contributed by atoms with van der Waals surface area (Å²) in [7, 11) is 1.68. The lowest BCUT2D eigenvalue weighted by Crippen LogP contribution is -2.41. The van der Waals surface area contributed by atoms with E-state index in [1.165, 1.54) is 37.9 Å². The van der Waals surface area contributed by atoms with Crippen LogP contribution in [0.25, 0.3) is 0 Å². The highest BCUT2D eigenvalue weighted by Crippen LogP contribution is 2.36. The van der Waals surface area contributed by atoms with Crippen LogP contribution in [0.1, 0.15) is 38.7 Å². The van der Waals surface area contributed by atoms with Gasteiger partial charge in [-0.2, -0.15) is 0 Å². The van der Waals surface area contributed by atoms with Crippen LogP contribution in [0.4, 0.5) is 0 Å². The van der Waals surface area contributed by atoms with Crippen molar-refractivity contribution in [1.82, 2.24) is 10.2 Å². The highest BCUT2D eigenvalue weighted by atomic mass is 79.9. The van der Waals surface area contributed by atoms with Crippen molar-refractivity contribution < 1.29 is 9.47 Å². The molecule has 23 heavy (non-hydrogen) atoms. The first-order chi connectivity index (χ1) is 11.1. The second-order valence-electron chi connectivity index (χ2n) is 6.19. The number of ether oxygens (including phenoxy) is 2. The SMILES string of the molecule is CCOc1c(Br)cc(CNC(C)CN2CCCCC2)cc1OC. The molecule has 1 aliphatic rings. The molecule has 0 amide bonds. The Kier molecular flexibility index (Phi) is 7.66. The molecular formula is C18H29BrN2O2. The molecule has 0 aliphatic carbocycles. The fourth-order valence-electron chi connectivity index (χ4n) is 3.05. The van der Waals surface area contributed by atoms with Gasteiger partial charge in [-0.3, -0.25) is 0 Å². The maximum Gasteiger partial charge on any atom is 0.175 e. The quantitative estimate of drug-likeness (QED) is 0.738. The topological polar surface area (TPSA) is 33.7 Å². The first-order valence-corrected chi connectivity index (χ1v) is 9.38. The molecule has 0 bridgehead atoms. The Balaban J connectivity index is 1.90. The van der Waals surface area contributed by atoms with Crippen LogP contribution in [-0.2, 0) is 6.54 Å². The molecule has 5 heteroatoms. The number of nitrogens with zero attached hydrogens (tertiary/aromatic N) is 1. The van der Waals surface area contributed by atoms with Crippen LogP contribution in [0, 0.1) is 0 Å². The number of hydrogen-bond donors (Lipinski definition) is 1. The number of likely N-dealkylation sites (tertiary alicyclic amines) is 1. The van der Waals surface area contributed by atoms with E-state index in [2.05, 4.69) is 45.2 Å². The minimum absolute atomic E-state index is 0.476. The van der Waals surface area contributed by atoms with Crippen LogP contribution in [0.5, 0.6) is 11.5 Å². The lowest BCUT2D eigenvalue weighted by molar-refractivity contribution is 0.209. The van der Waals surface area contributed by atoms with Gasteiger partial charge in [-0.1, -0.05) is 6.42 Å².